The molecule has 1 aliphatic rings. The number of carbonyl (C=O) groups is 1. The molecule has 0 N–H and O–H groups in total. The molecule has 0 fully saturated rings. The Bertz CT molecular complexity index is 230. The van der Waals surface area contributed by atoms with Gasteiger partial charge in [-0.25, -0.2) is 0 Å². The van der Waals surface area contributed by atoms with Crippen molar-refractivity contribution in [3.63, 3.8) is 0 Å². The van der Waals surface area contributed by atoms with E-state index >= 15 is 0 Å². The maximum Gasteiger partial charge on any atom is 0.155 e. The molecule has 0 amide bonds. The second-order valence-corrected chi connectivity index (χ2v) is 5.65. The van der Waals surface area contributed by atoms with Crippen molar-refractivity contribution >= 4 is 5.78 Å². The minimum atomic E-state index is 0.333. The first-order valence-electron chi connectivity index (χ1n) is 8.09. The number of allylic oxidation sites excluding steroid dienone is 2. The van der Waals surface area contributed by atoms with E-state index in [2.05, 4.69) is 6.08 Å². The summed E-state index contributed by atoms with van der Waals surface area (Å²) in [6, 6.07) is 0. The van der Waals surface area contributed by atoms with Gasteiger partial charge >= 0.3 is 0 Å². The largest absolute Gasteiger partial charge is 0.295 e. The number of rotatable bonds is 0. The fraction of sp³-hybridized carbons (Fsp3) is 0.824. The van der Waals surface area contributed by atoms with Gasteiger partial charge in [0.1, 0.15) is 0 Å². The first-order valence-corrected chi connectivity index (χ1v) is 8.09. The summed E-state index contributed by atoms with van der Waals surface area (Å²) in [6.07, 6.45) is 21.8. The molecule has 0 atom stereocenters. The highest BCUT2D eigenvalue weighted by Gasteiger charge is 1.98. The normalized spacial score (nSPS) is 24.3. The fourth-order valence-electron chi connectivity index (χ4n) is 2.63. The SMILES string of the molecule is O=C1/C=C/CCCCCCCCCCCCCC1. The third-order valence-electron chi connectivity index (χ3n) is 3.85. The van der Waals surface area contributed by atoms with Crippen LogP contribution in [-0.4, -0.2) is 5.78 Å². The Morgan fingerprint density at radius 3 is 1.61 bits per heavy atom. The smallest absolute Gasteiger partial charge is 0.155 e. The van der Waals surface area contributed by atoms with E-state index in [1.165, 1.54) is 70.6 Å². The lowest BCUT2D eigenvalue weighted by Gasteiger charge is -2.02. The summed E-state index contributed by atoms with van der Waals surface area (Å²) in [5, 5.41) is 0. The van der Waals surface area contributed by atoms with E-state index in [9.17, 15) is 4.79 Å². The molecule has 1 nitrogen and oxygen atoms in total. The van der Waals surface area contributed by atoms with Crippen molar-refractivity contribution in [2.24, 2.45) is 0 Å². The quantitative estimate of drug-likeness (QED) is 0.548. The van der Waals surface area contributed by atoms with Gasteiger partial charge in [0.15, 0.2) is 5.78 Å². The maximum absolute atomic E-state index is 11.5. The molecule has 0 aromatic carbocycles. The third kappa shape index (κ3) is 9.44. The van der Waals surface area contributed by atoms with Crippen LogP contribution in [0.15, 0.2) is 12.2 Å². The molecular weight excluding hydrogens is 220 g/mol. The molecule has 0 bridgehead atoms. The lowest BCUT2D eigenvalue weighted by Crippen LogP contribution is -1.92. The van der Waals surface area contributed by atoms with E-state index in [4.69, 9.17) is 0 Å². The first-order chi connectivity index (χ1) is 8.89. The van der Waals surface area contributed by atoms with Crippen molar-refractivity contribution in [3.05, 3.63) is 12.2 Å². The van der Waals surface area contributed by atoms with E-state index < -0.39 is 0 Å². The Kier molecular flexibility index (Phi) is 9.88. The molecule has 18 heavy (non-hydrogen) atoms. The van der Waals surface area contributed by atoms with Crippen LogP contribution in [-0.2, 0) is 4.79 Å². The molecule has 1 rings (SSSR count). The van der Waals surface area contributed by atoms with Crippen molar-refractivity contribution in [2.75, 3.05) is 0 Å². The minimum Gasteiger partial charge on any atom is -0.295 e. The van der Waals surface area contributed by atoms with Crippen molar-refractivity contribution in [1.82, 2.24) is 0 Å². The molecule has 0 unspecified atom stereocenters. The molecule has 0 saturated carbocycles. The Balaban J connectivity index is 2.18. The summed E-state index contributed by atoms with van der Waals surface area (Å²) in [4.78, 5) is 11.5. The zero-order valence-corrected chi connectivity index (χ0v) is 12.0. The van der Waals surface area contributed by atoms with Crippen molar-refractivity contribution in [2.45, 2.75) is 89.9 Å². The van der Waals surface area contributed by atoms with Crippen LogP contribution in [0.25, 0.3) is 0 Å². The Morgan fingerprint density at radius 1 is 0.611 bits per heavy atom. The summed E-state index contributed by atoms with van der Waals surface area (Å²) in [6.45, 7) is 0. The summed E-state index contributed by atoms with van der Waals surface area (Å²) in [7, 11) is 0. The average Bonchev–Trinajstić information content (AvgIpc) is 2.37. The predicted octanol–water partition coefficient (Wildman–Crippen LogP) is 5.59. The summed E-state index contributed by atoms with van der Waals surface area (Å²) >= 11 is 0. The molecule has 0 aromatic rings. The van der Waals surface area contributed by atoms with Gasteiger partial charge in [-0.1, -0.05) is 70.3 Å². The molecule has 0 aromatic heterocycles. The summed E-state index contributed by atoms with van der Waals surface area (Å²) in [5.41, 5.74) is 0. The van der Waals surface area contributed by atoms with E-state index in [1.54, 1.807) is 0 Å². The summed E-state index contributed by atoms with van der Waals surface area (Å²) in [5.74, 6) is 0.333. The fourth-order valence-corrected chi connectivity index (χ4v) is 2.63. The first kappa shape index (κ1) is 15.5. The van der Waals surface area contributed by atoms with Crippen LogP contribution in [0.1, 0.15) is 89.9 Å². The molecular formula is C17H30O. The van der Waals surface area contributed by atoms with E-state index in [-0.39, 0.29) is 0 Å². The van der Waals surface area contributed by atoms with Gasteiger partial charge in [-0.2, -0.15) is 0 Å². The van der Waals surface area contributed by atoms with E-state index in [0.717, 1.165) is 19.3 Å². The summed E-state index contributed by atoms with van der Waals surface area (Å²) < 4.78 is 0. The lowest BCUT2D eigenvalue weighted by atomic mass is 10.0. The molecule has 104 valence electrons. The molecule has 0 heterocycles. The number of carbonyl (C=O) groups excluding carboxylic acids is 1. The standard InChI is InChI=1S/C17H30O/c18-17-15-13-11-9-7-5-3-1-2-4-6-8-10-12-14-16-17/h13,15H,1-12,14,16H2/b15-13+. The lowest BCUT2D eigenvalue weighted by molar-refractivity contribution is -0.114. The van der Waals surface area contributed by atoms with Crippen molar-refractivity contribution in [3.8, 4) is 0 Å². The van der Waals surface area contributed by atoms with Crippen LogP contribution in [0.5, 0.6) is 0 Å². The van der Waals surface area contributed by atoms with E-state index in [0.29, 0.717) is 5.78 Å². The molecule has 1 heteroatoms. The monoisotopic (exact) mass is 250 g/mol. The second-order valence-electron chi connectivity index (χ2n) is 5.65. The molecule has 0 radical (unpaired) electrons. The van der Waals surface area contributed by atoms with Crippen LogP contribution >= 0.6 is 0 Å². The topological polar surface area (TPSA) is 17.1 Å². The van der Waals surface area contributed by atoms with Crippen LogP contribution in [0, 0.1) is 0 Å². The van der Waals surface area contributed by atoms with E-state index in [1.807, 2.05) is 6.08 Å². The van der Waals surface area contributed by atoms with Gasteiger partial charge in [-0.05, 0) is 25.3 Å². The van der Waals surface area contributed by atoms with Crippen molar-refractivity contribution < 1.29 is 4.79 Å². The Morgan fingerprint density at radius 2 is 1.06 bits per heavy atom. The molecule has 1 aliphatic carbocycles. The van der Waals surface area contributed by atoms with Gasteiger partial charge in [0, 0.05) is 6.42 Å². The number of hydrogen-bond donors (Lipinski definition) is 0. The van der Waals surface area contributed by atoms with Crippen LogP contribution in [0.4, 0.5) is 0 Å². The number of hydrogen-bond acceptors (Lipinski definition) is 1. The molecule has 0 aliphatic heterocycles. The Hall–Kier alpha value is -0.590. The van der Waals surface area contributed by atoms with Crippen LogP contribution in [0.3, 0.4) is 0 Å². The predicted molar refractivity (Wildman–Crippen MR) is 78.8 cm³/mol. The highest BCUT2D eigenvalue weighted by molar-refractivity contribution is 5.89. The zero-order valence-electron chi connectivity index (χ0n) is 12.0. The Labute approximate surface area is 113 Å². The highest BCUT2D eigenvalue weighted by atomic mass is 16.1. The van der Waals surface area contributed by atoms with Gasteiger partial charge in [0.2, 0.25) is 0 Å². The third-order valence-corrected chi connectivity index (χ3v) is 3.85. The molecule has 0 spiro atoms. The van der Waals surface area contributed by atoms with Crippen LogP contribution in [0.2, 0.25) is 0 Å². The highest BCUT2D eigenvalue weighted by Crippen LogP contribution is 2.13. The number of ketones is 1. The maximum atomic E-state index is 11.5. The zero-order chi connectivity index (χ0) is 12.9. The van der Waals surface area contributed by atoms with Gasteiger partial charge in [0.25, 0.3) is 0 Å². The average molecular weight is 250 g/mol. The second kappa shape index (κ2) is 11.5. The van der Waals surface area contributed by atoms with Gasteiger partial charge in [0.05, 0.1) is 0 Å². The minimum absolute atomic E-state index is 0.333. The van der Waals surface area contributed by atoms with Crippen molar-refractivity contribution in [1.29, 1.82) is 0 Å². The van der Waals surface area contributed by atoms with Gasteiger partial charge < -0.3 is 0 Å². The van der Waals surface area contributed by atoms with Crippen LogP contribution < -0.4 is 0 Å². The van der Waals surface area contributed by atoms with Gasteiger partial charge in [-0.3, -0.25) is 4.79 Å². The molecule has 0 saturated heterocycles. The van der Waals surface area contributed by atoms with Gasteiger partial charge in [-0.15, -0.1) is 0 Å².